The van der Waals surface area contributed by atoms with Gasteiger partial charge in [-0.2, -0.15) is 0 Å². The highest BCUT2D eigenvalue weighted by Gasteiger charge is 2.29. The smallest absolute Gasteiger partial charge is 0.325 e. The summed E-state index contributed by atoms with van der Waals surface area (Å²) in [6.07, 6.45) is 2.97. The van der Waals surface area contributed by atoms with Crippen LogP contribution in [-0.2, 0) is 16.1 Å². The van der Waals surface area contributed by atoms with Crippen molar-refractivity contribution in [1.82, 2.24) is 14.5 Å². The standard InChI is InChI=1S/C19H19ClN4O3/c1-2-27-16(26)10-24-9-14(13-5-3-4-6-15(13)20)17-18(21-11-22-19(17)24)23-7-12(25)8-23/h3-6,9,11-12,25H,2,7-8,10H2,1H3. The molecular formula is C19H19ClN4O3. The molecule has 1 aliphatic rings. The van der Waals surface area contributed by atoms with Crippen LogP contribution in [0.2, 0.25) is 5.02 Å². The van der Waals surface area contributed by atoms with Crippen LogP contribution in [0.5, 0.6) is 0 Å². The van der Waals surface area contributed by atoms with Gasteiger partial charge >= 0.3 is 5.97 Å². The van der Waals surface area contributed by atoms with Crippen LogP contribution < -0.4 is 4.90 Å². The molecule has 3 heterocycles. The highest BCUT2D eigenvalue weighted by Crippen LogP contribution is 2.39. The van der Waals surface area contributed by atoms with Crippen LogP contribution in [0.3, 0.4) is 0 Å². The normalized spacial score (nSPS) is 14.4. The van der Waals surface area contributed by atoms with Gasteiger partial charge in [0.15, 0.2) is 0 Å². The van der Waals surface area contributed by atoms with E-state index in [-0.39, 0.29) is 18.6 Å². The predicted molar refractivity (Wildman–Crippen MR) is 103 cm³/mol. The van der Waals surface area contributed by atoms with Gasteiger partial charge in [0, 0.05) is 35.4 Å². The summed E-state index contributed by atoms with van der Waals surface area (Å²) in [7, 11) is 0. The molecular weight excluding hydrogens is 368 g/mol. The van der Waals surface area contributed by atoms with Crippen LogP contribution in [0.25, 0.3) is 22.2 Å². The molecule has 8 heteroatoms. The first-order valence-electron chi connectivity index (χ1n) is 8.75. The lowest BCUT2D eigenvalue weighted by Crippen LogP contribution is -2.51. The summed E-state index contributed by atoms with van der Waals surface area (Å²) in [5.41, 5.74) is 2.31. The van der Waals surface area contributed by atoms with Gasteiger partial charge in [-0.3, -0.25) is 4.79 Å². The number of aliphatic hydroxyl groups excluding tert-OH is 1. The summed E-state index contributed by atoms with van der Waals surface area (Å²) in [4.78, 5) is 22.9. The molecule has 0 amide bonds. The Morgan fingerprint density at radius 2 is 2.07 bits per heavy atom. The van der Waals surface area contributed by atoms with Crippen molar-refractivity contribution >= 4 is 34.4 Å². The molecule has 1 N–H and O–H groups in total. The van der Waals surface area contributed by atoms with Gasteiger partial charge < -0.3 is 19.3 Å². The van der Waals surface area contributed by atoms with Crippen molar-refractivity contribution in [1.29, 1.82) is 0 Å². The van der Waals surface area contributed by atoms with Gasteiger partial charge in [0.25, 0.3) is 0 Å². The molecule has 140 valence electrons. The molecule has 0 unspecified atom stereocenters. The zero-order valence-corrected chi connectivity index (χ0v) is 15.6. The van der Waals surface area contributed by atoms with E-state index in [0.29, 0.717) is 30.4 Å². The Bertz CT molecular complexity index is 998. The summed E-state index contributed by atoms with van der Waals surface area (Å²) in [5.74, 6) is 0.391. The average Bonchev–Trinajstić information content (AvgIpc) is 2.98. The predicted octanol–water partition coefficient (Wildman–Crippen LogP) is 2.50. The maximum absolute atomic E-state index is 12.0. The topological polar surface area (TPSA) is 80.5 Å². The minimum atomic E-state index is -0.361. The molecule has 27 heavy (non-hydrogen) atoms. The van der Waals surface area contributed by atoms with Crippen molar-refractivity contribution < 1.29 is 14.6 Å². The van der Waals surface area contributed by atoms with Gasteiger partial charge in [-0.1, -0.05) is 29.8 Å². The Hall–Kier alpha value is -2.64. The number of nitrogens with zero attached hydrogens (tertiary/aromatic N) is 4. The number of hydrogen-bond donors (Lipinski definition) is 1. The molecule has 0 bridgehead atoms. The lowest BCUT2D eigenvalue weighted by atomic mass is 10.0. The maximum atomic E-state index is 12.0. The molecule has 1 aliphatic heterocycles. The Kier molecular flexibility index (Phi) is 4.72. The van der Waals surface area contributed by atoms with E-state index in [1.165, 1.54) is 6.33 Å². The van der Waals surface area contributed by atoms with E-state index in [9.17, 15) is 9.90 Å². The molecule has 0 saturated carbocycles. The zero-order chi connectivity index (χ0) is 19.0. The van der Waals surface area contributed by atoms with Crippen molar-refractivity contribution in [2.75, 3.05) is 24.6 Å². The monoisotopic (exact) mass is 386 g/mol. The first-order valence-corrected chi connectivity index (χ1v) is 9.13. The lowest BCUT2D eigenvalue weighted by Gasteiger charge is -2.37. The van der Waals surface area contributed by atoms with Gasteiger partial charge in [0.2, 0.25) is 0 Å². The second-order valence-corrected chi connectivity index (χ2v) is 6.82. The molecule has 2 aromatic heterocycles. The molecule has 4 rings (SSSR count). The van der Waals surface area contributed by atoms with E-state index >= 15 is 0 Å². The first kappa shape index (κ1) is 17.8. The van der Waals surface area contributed by atoms with E-state index in [0.717, 1.165) is 22.3 Å². The van der Waals surface area contributed by atoms with Crippen molar-refractivity contribution in [2.24, 2.45) is 0 Å². The number of carbonyl (C=O) groups excluding carboxylic acids is 1. The fraction of sp³-hybridized carbons (Fsp3) is 0.316. The zero-order valence-electron chi connectivity index (χ0n) is 14.8. The van der Waals surface area contributed by atoms with Crippen molar-refractivity contribution in [2.45, 2.75) is 19.6 Å². The largest absolute Gasteiger partial charge is 0.465 e. The van der Waals surface area contributed by atoms with E-state index in [1.54, 1.807) is 11.5 Å². The number of esters is 1. The van der Waals surface area contributed by atoms with Crippen LogP contribution in [0, 0.1) is 0 Å². The Morgan fingerprint density at radius 3 is 2.78 bits per heavy atom. The number of rotatable bonds is 5. The molecule has 7 nitrogen and oxygen atoms in total. The molecule has 0 atom stereocenters. The first-order chi connectivity index (χ1) is 13.1. The number of aliphatic hydroxyl groups is 1. The highest BCUT2D eigenvalue weighted by atomic mass is 35.5. The van der Waals surface area contributed by atoms with Crippen molar-refractivity contribution in [3.63, 3.8) is 0 Å². The van der Waals surface area contributed by atoms with E-state index in [4.69, 9.17) is 16.3 Å². The molecule has 0 aliphatic carbocycles. The second kappa shape index (κ2) is 7.17. The number of aromatic nitrogens is 3. The van der Waals surface area contributed by atoms with E-state index in [1.807, 2.05) is 35.4 Å². The molecule has 1 saturated heterocycles. The summed E-state index contributed by atoms with van der Waals surface area (Å²) in [6.45, 7) is 3.17. The van der Waals surface area contributed by atoms with Crippen LogP contribution in [0.4, 0.5) is 5.82 Å². The molecule has 0 radical (unpaired) electrons. The highest BCUT2D eigenvalue weighted by molar-refractivity contribution is 6.33. The van der Waals surface area contributed by atoms with E-state index < -0.39 is 0 Å². The molecule has 1 aromatic carbocycles. The van der Waals surface area contributed by atoms with Crippen LogP contribution in [0.1, 0.15) is 6.92 Å². The Balaban J connectivity index is 1.89. The number of benzene rings is 1. The molecule has 1 fully saturated rings. The van der Waals surface area contributed by atoms with Crippen molar-refractivity contribution in [3.8, 4) is 11.1 Å². The van der Waals surface area contributed by atoms with Crippen LogP contribution in [0.15, 0.2) is 36.8 Å². The summed E-state index contributed by atoms with van der Waals surface area (Å²) in [6, 6.07) is 7.52. The number of halogens is 1. The SMILES string of the molecule is CCOC(=O)Cn1cc(-c2ccccc2Cl)c2c(N3CC(O)C3)ncnc21. The Labute approximate surface area is 161 Å². The van der Waals surface area contributed by atoms with Gasteiger partial charge in [0.1, 0.15) is 24.3 Å². The summed E-state index contributed by atoms with van der Waals surface area (Å²) < 4.78 is 6.84. The van der Waals surface area contributed by atoms with Gasteiger partial charge in [0.05, 0.1) is 18.1 Å². The third kappa shape index (κ3) is 3.24. The van der Waals surface area contributed by atoms with Gasteiger partial charge in [-0.15, -0.1) is 0 Å². The third-order valence-corrected chi connectivity index (χ3v) is 4.89. The number of carbonyl (C=O) groups is 1. The number of anilines is 1. The minimum Gasteiger partial charge on any atom is -0.465 e. The van der Waals surface area contributed by atoms with Crippen molar-refractivity contribution in [3.05, 3.63) is 41.8 Å². The van der Waals surface area contributed by atoms with Crippen LogP contribution >= 0.6 is 11.6 Å². The van der Waals surface area contributed by atoms with Gasteiger partial charge in [-0.25, -0.2) is 9.97 Å². The fourth-order valence-corrected chi connectivity index (χ4v) is 3.56. The molecule has 0 spiro atoms. The quantitative estimate of drug-likeness (QED) is 0.678. The number of hydrogen-bond acceptors (Lipinski definition) is 6. The van der Waals surface area contributed by atoms with Crippen LogP contribution in [-0.4, -0.2) is 51.4 Å². The number of β-amino-alcohol motifs (C(OH)–C–C–N with tert-alkyl or cyclic N) is 1. The second-order valence-electron chi connectivity index (χ2n) is 6.41. The Morgan fingerprint density at radius 1 is 1.30 bits per heavy atom. The van der Waals surface area contributed by atoms with E-state index in [2.05, 4.69) is 9.97 Å². The fourth-order valence-electron chi connectivity index (χ4n) is 3.33. The average molecular weight is 387 g/mol. The number of fused-ring (bicyclic) bond motifs is 1. The third-order valence-electron chi connectivity index (χ3n) is 4.56. The minimum absolute atomic E-state index is 0.0495. The van der Waals surface area contributed by atoms with Gasteiger partial charge in [-0.05, 0) is 13.0 Å². The lowest BCUT2D eigenvalue weighted by molar-refractivity contribution is -0.143. The summed E-state index contributed by atoms with van der Waals surface area (Å²) in [5, 5.41) is 11.1. The maximum Gasteiger partial charge on any atom is 0.325 e. The number of ether oxygens (including phenoxy) is 1. The summed E-state index contributed by atoms with van der Waals surface area (Å²) >= 11 is 6.43. The molecule has 3 aromatic rings.